The molecule has 0 aromatic heterocycles. The van der Waals surface area contributed by atoms with Gasteiger partial charge in [0.2, 0.25) is 0 Å². The summed E-state index contributed by atoms with van der Waals surface area (Å²) in [5.74, 6) is -2.17. The SMILES string of the molecule is CC(C)(C)OC(=O)NC(CC(=O)OCC1c2ccccc2-c2ccccc21)C(=O)O. The number of hydrogen-bond acceptors (Lipinski definition) is 5. The molecule has 7 heteroatoms. The molecular weight excluding hydrogens is 386 g/mol. The van der Waals surface area contributed by atoms with Gasteiger partial charge in [0, 0.05) is 5.92 Å². The number of ether oxygens (including phenoxy) is 2. The smallest absolute Gasteiger partial charge is 0.408 e. The lowest BCUT2D eigenvalue weighted by molar-refractivity contribution is -0.149. The molecule has 2 aromatic rings. The van der Waals surface area contributed by atoms with E-state index in [1.807, 2.05) is 48.5 Å². The van der Waals surface area contributed by atoms with Crippen LogP contribution < -0.4 is 5.32 Å². The highest BCUT2D eigenvalue weighted by Gasteiger charge is 2.31. The fourth-order valence-electron chi connectivity index (χ4n) is 3.49. The van der Waals surface area contributed by atoms with Gasteiger partial charge in [-0.1, -0.05) is 48.5 Å². The lowest BCUT2D eigenvalue weighted by Crippen LogP contribution is -2.44. The van der Waals surface area contributed by atoms with Gasteiger partial charge in [0.05, 0.1) is 6.42 Å². The molecule has 3 rings (SSSR count). The lowest BCUT2D eigenvalue weighted by atomic mass is 9.98. The van der Waals surface area contributed by atoms with Crippen LogP contribution in [0.4, 0.5) is 4.79 Å². The number of carboxylic acids is 1. The number of rotatable bonds is 6. The molecular formula is C23H25NO6. The summed E-state index contributed by atoms with van der Waals surface area (Å²) in [6.45, 7) is 5.07. The van der Waals surface area contributed by atoms with Gasteiger partial charge in [-0.3, -0.25) is 4.79 Å². The number of carbonyl (C=O) groups is 3. The van der Waals surface area contributed by atoms with Crippen molar-refractivity contribution in [1.29, 1.82) is 0 Å². The third kappa shape index (κ3) is 4.97. The number of nitrogens with one attached hydrogen (secondary N) is 1. The van der Waals surface area contributed by atoms with E-state index < -0.39 is 36.1 Å². The molecule has 2 aromatic carbocycles. The maximum Gasteiger partial charge on any atom is 0.408 e. The zero-order valence-corrected chi connectivity index (χ0v) is 17.2. The summed E-state index contributed by atoms with van der Waals surface area (Å²) < 4.78 is 10.5. The minimum Gasteiger partial charge on any atom is -0.480 e. The van der Waals surface area contributed by atoms with E-state index in [1.54, 1.807) is 20.8 Å². The molecule has 1 amide bonds. The van der Waals surface area contributed by atoms with Crippen molar-refractivity contribution in [1.82, 2.24) is 5.32 Å². The highest BCUT2D eigenvalue weighted by atomic mass is 16.6. The molecule has 0 radical (unpaired) electrons. The van der Waals surface area contributed by atoms with Crippen LogP contribution in [0.1, 0.15) is 44.2 Å². The van der Waals surface area contributed by atoms with Crippen LogP contribution in [0.3, 0.4) is 0 Å². The summed E-state index contributed by atoms with van der Waals surface area (Å²) in [5, 5.41) is 11.5. The summed E-state index contributed by atoms with van der Waals surface area (Å²) in [7, 11) is 0. The molecule has 158 valence electrons. The molecule has 1 atom stereocenters. The summed E-state index contributed by atoms with van der Waals surface area (Å²) in [4.78, 5) is 35.6. The Morgan fingerprint density at radius 1 is 1.00 bits per heavy atom. The van der Waals surface area contributed by atoms with E-state index in [0.717, 1.165) is 22.3 Å². The van der Waals surface area contributed by atoms with Gasteiger partial charge in [-0.05, 0) is 43.0 Å². The number of carbonyl (C=O) groups excluding carboxylic acids is 2. The zero-order valence-electron chi connectivity index (χ0n) is 17.2. The Morgan fingerprint density at radius 3 is 2.03 bits per heavy atom. The maximum absolute atomic E-state index is 12.3. The molecule has 0 bridgehead atoms. The van der Waals surface area contributed by atoms with Crippen LogP contribution in [0.15, 0.2) is 48.5 Å². The first-order chi connectivity index (χ1) is 14.2. The van der Waals surface area contributed by atoms with Crippen LogP contribution in [0.25, 0.3) is 11.1 Å². The van der Waals surface area contributed by atoms with E-state index in [4.69, 9.17) is 9.47 Å². The Balaban J connectivity index is 1.64. The van der Waals surface area contributed by atoms with Gasteiger partial charge in [0.25, 0.3) is 0 Å². The van der Waals surface area contributed by atoms with E-state index in [0.29, 0.717) is 0 Å². The second kappa shape index (κ2) is 8.57. The number of hydrogen-bond donors (Lipinski definition) is 2. The van der Waals surface area contributed by atoms with Gasteiger partial charge >= 0.3 is 18.0 Å². The van der Waals surface area contributed by atoms with Gasteiger partial charge in [0.1, 0.15) is 18.2 Å². The normalized spacial score (nSPS) is 13.7. The first-order valence-electron chi connectivity index (χ1n) is 9.72. The van der Waals surface area contributed by atoms with Gasteiger partial charge < -0.3 is 19.9 Å². The monoisotopic (exact) mass is 411 g/mol. The van der Waals surface area contributed by atoms with Crippen molar-refractivity contribution in [3.8, 4) is 11.1 Å². The molecule has 0 aliphatic heterocycles. The third-order valence-electron chi connectivity index (χ3n) is 4.73. The average molecular weight is 411 g/mol. The molecule has 7 nitrogen and oxygen atoms in total. The van der Waals surface area contributed by atoms with Crippen molar-refractivity contribution >= 4 is 18.0 Å². The lowest BCUT2D eigenvalue weighted by Gasteiger charge is -2.22. The zero-order chi connectivity index (χ0) is 21.9. The van der Waals surface area contributed by atoms with Crippen molar-refractivity contribution in [3.63, 3.8) is 0 Å². The van der Waals surface area contributed by atoms with Crippen LogP contribution in [-0.4, -0.2) is 41.4 Å². The van der Waals surface area contributed by atoms with Crippen molar-refractivity contribution < 1.29 is 29.0 Å². The van der Waals surface area contributed by atoms with Crippen LogP contribution in [0.5, 0.6) is 0 Å². The van der Waals surface area contributed by atoms with Crippen LogP contribution >= 0.6 is 0 Å². The maximum atomic E-state index is 12.3. The van der Waals surface area contributed by atoms with E-state index in [1.165, 1.54) is 0 Å². The summed E-state index contributed by atoms with van der Waals surface area (Å²) >= 11 is 0. The van der Waals surface area contributed by atoms with Gasteiger partial charge in [-0.2, -0.15) is 0 Å². The minimum absolute atomic E-state index is 0.0889. The largest absolute Gasteiger partial charge is 0.480 e. The molecule has 0 saturated heterocycles. The number of carboxylic acid groups (broad SMARTS) is 1. The van der Waals surface area contributed by atoms with Crippen LogP contribution in [-0.2, 0) is 19.1 Å². The van der Waals surface area contributed by atoms with E-state index in [-0.39, 0.29) is 12.5 Å². The van der Waals surface area contributed by atoms with Gasteiger partial charge in [-0.15, -0.1) is 0 Å². The molecule has 1 aliphatic rings. The molecule has 30 heavy (non-hydrogen) atoms. The number of fused-ring (bicyclic) bond motifs is 3. The van der Waals surface area contributed by atoms with Crippen molar-refractivity contribution in [2.24, 2.45) is 0 Å². The Morgan fingerprint density at radius 2 is 1.53 bits per heavy atom. The second-order valence-corrected chi connectivity index (χ2v) is 8.15. The molecule has 1 unspecified atom stereocenters. The third-order valence-corrected chi connectivity index (χ3v) is 4.73. The van der Waals surface area contributed by atoms with E-state index in [9.17, 15) is 19.5 Å². The van der Waals surface area contributed by atoms with Crippen molar-refractivity contribution in [3.05, 3.63) is 59.7 Å². The first-order valence-corrected chi connectivity index (χ1v) is 9.72. The molecule has 0 heterocycles. The predicted molar refractivity (Wildman–Crippen MR) is 110 cm³/mol. The quantitative estimate of drug-likeness (QED) is 0.703. The number of aliphatic carboxylic acids is 1. The first kappa shape index (κ1) is 21.4. The van der Waals surface area contributed by atoms with Crippen LogP contribution in [0.2, 0.25) is 0 Å². The highest BCUT2D eigenvalue weighted by Crippen LogP contribution is 2.44. The summed E-state index contributed by atoms with van der Waals surface area (Å²) in [5.41, 5.74) is 3.55. The molecule has 0 spiro atoms. The van der Waals surface area contributed by atoms with Gasteiger partial charge in [0.15, 0.2) is 0 Å². The van der Waals surface area contributed by atoms with Crippen molar-refractivity contribution in [2.75, 3.05) is 6.61 Å². The molecule has 0 saturated carbocycles. The second-order valence-electron chi connectivity index (χ2n) is 8.15. The average Bonchev–Trinajstić information content (AvgIpc) is 2.98. The van der Waals surface area contributed by atoms with E-state index in [2.05, 4.69) is 5.32 Å². The van der Waals surface area contributed by atoms with Gasteiger partial charge in [-0.25, -0.2) is 9.59 Å². The fraction of sp³-hybridized carbons (Fsp3) is 0.348. The Labute approximate surface area is 175 Å². The number of amides is 1. The van der Waals surface area contributed by atoms with Crippen LogP contribution in [0, 0.1) is 0 Å². The van der Waals surface area contributed by atoms with Crippen molar-refractivity contribution in [2.45, 2.75) is 44.8 Å². The Bertz CT molecular complexity index is 917. The summed E-state index contributed by atoms with van der Waals surface area (Å²) in [6, 6.07) is 14.4. The Kier molecular flexibility index (Phi) is 6.10. The predicted octanol–water partition coefficient (Wildman–Crippen LogP) is 3.71. The van der Waals surface area contributed by atoms with E-state index >= 15 is 0 Å². The highest BCUT2D eigenvalue weighted by molar-refractivity contribution is 5.85. The Hall–Kier alpha value is -3.35. The number of esters is 1. The fourth-order valence-corrected chi connectivity index (χ4v) is 3.49. The standard InChI is InChI=1S/C23H25NO6/c1-23(2,3)30-22(28)24-19(21(26)27)12-20(25)29-13-18-16-10-6-4-8-14(16)15-9-5-7-11-17(15)18/h4-11,18-19H,12-13H2,1-3H3,(H,24,28)(H,26,27). The number of benzene rings is 2. The summed E-state index contributed by atoms with van der Waals surface area (Å²) in [6.07, 6.45) is -1.40. The molecule has 0 fully saturated rings. The minimum atomic E-state index is -1.43. The topological polar surface area (TPSA) is 102 Å². The number of alkyl carbamates (subject to hydrolysis) is 1. The molecule has 1 aliphatic carbocycles. The molecule has 2 N–H and O–H groups in total.